The summed E-state index contributed by atoms with van der Waals surface area (Å²) < 4.78 is 14.1. The van der Waals surface area contributed by atoms with Crippen molar-refractivity contribution in [3.8, 4) is 0 Å². The second-order valence-electron chi connectivity index (χ2n) is 5.02. The van der Waals surface area contributed by atoms with E-state index in [2.05, 4.69) is 36.1 Å². The van der Waals surface area contributed by atoms with Gasteiger partial charge in [-0.25, -0.2) is 4.39 Å². The van der Waals surface area contributed by atoms with E-state index in [1.54, 1.807) is 12.1 Å². The van der Waals surface area contributed by atoms with Crippen molar-refractivity contribution in [2.45, 2.75) is 20.4 Å². The lowest BCUT2D eigenvalue weighted by Crippen LogP contribution is -2.22. The maximum Gasteiger partial charge on any atom is 0.128 e. The molecule has 0 fully saturated rings. The number of aryl methyl sites for hydroxylation is 1. The van der Waals surface area contributed by atoms with E-state index >= 15 is 0 Å². The molecule has 4 heteroatoms. The average molecular weight is 302 g/mol. The van der Waals surface area contributed by atoms with Crippen molar-refractivity contribution in [3.05, 3.63) is 65.0 Å². The Balaban J connectivity index is 2.22. The Morgan fingerprint density at radius 2 is 1.86 bits per heavy atom. The van der Waals surface area contributed by atoms with Crippen LogP contribution in [0.4, 0.5) is 10.1 Å². The Labute approximate surface area is 130 Å². The predicted octanol–water partition coefficient (Wildman–Crippen LogP) is 3.79. The molecule has 0 heterocycles. The smallest absolute Gasteiger partial charge is 0.128 e. The maximum absolute atomic E-state index is 14.1. The molecule has 2 aromatic rings. The van der Waals surface area contributed by atoms with Crippen LogP contribution in [0.5, 0.6) is 0 Å². The third kappa shape index (κ3) is 3.79. The first-order valence-electron chi connectivity index (χ1n) is 6.91. The van der Waals surface area contributed by atoms with Gasteiger partial charge in [-0.3, -0.25) is 0 Å². The van der Waals surface area contributed by atoms with E-state index < -0.39 is 0 Å². The number of nitrogens with zero attached hydrogens (tertiary/aromatic N) is 1. The van der Waals surface area contributed by atoms with Crippen LogP contribution in [0.25, 0.3) is 0 Å². The van der Waals surface area contributed by atoms with Gasteiger partial charge < -0.3 is 10.6 Å². The summed E-state index contributed by atoms with van der Waals surface area (Å²) in [6, 6.07) is 13.2. The molecule has 2 N–H and O–H groups in total. The molecular formula is C17H19FN2S. The van der Waals surface area contributed by atoms with E-state index in [1.807, 2.05) is 6.92 Å². The molecule has 0 saturated carbocycles. The van der Waals surface area contributed by atoms with Gasteiger partial charge in [-0.2, -0.15) is 0 Å². The third-order valence-corrected chi connectivity index (χ3v) is 3.72. The van der Waals surface area contributed by atoms with Crippen LogP contribution in [0.15, 0.2) is 42.5 Å². The van der Waals surface area contributed by atoms with Crippen LogP contribution in [0.2, 0.25) is 0 Å². The molecule has 110 valence electrons. The molecule has 0 bridgehead atoms. The van der Waals surface area contributed by atoms with E-state index in [4.69, 9.17) is 18.0 Å². The van der Waals surface area contributed by atoms with Crippen molar-refractivity contribution >= 4 is 22.9 Å². The summed E-state index contributed by atoms with van der Waals surface area (Å²) in [5.74, 6) is -0.272. The summed E-state index contributed by atoms with van der Waals surface area (Å²) in [4.78, 5) is 2.34. The Bertz CT molecular complexity index is 638. The zero-order valence-electron chi connectivity index (χ0n) is 12.3. The summed E-state index contributed by atoms with van der Waals surface area (Å²) in [6.07, 6.45) is 0. The van der Waals surface area contributed by atoms with Crippen LogP contribution < -0.4 is 10.6 Å². The molecule has 0 amide bonds. The number of benzene rings is 2. The number of nitrogens with two attached hydrogens (primary N) is 1. The summed E-state index contributed by atoms with van der Waals surface area (Å²) in [5.41, 5.74) is 9.01. The first-order valence-corrected chi connectivity index (χ1v) is 7.32. The molecule has 0 aliphatic rings. The van der Waals surface area contributed by atoms with E-state index in [-0.39, 0.29) is 10.8 Å². The highest BCUT2D eigenvalue weighted by molar-refractivity contribution is 7.80. The Hall–Kier alpha value is -1.94. The molecule has 0 saturated heterocycles. The monoisotopic (exact) mass is 302 g/mol. The number of thiocarbonyl (C=S) groups is 1. The maximum atomic E-state index is 14.1. The molecule has 0 atom stereocenters. The van der Waals surface area contributed by atoms with Crippen molar-refractivity contribution in [2.75, 3.05) is 11.4 Å². The summed E-state index contributed by atoms with van der Waals surface area (Å²) in [6.45, 7) is 5.43. The molecule has 2 aromatic carbocycles. The second kappa shape index (κ2) is 6.68. The van der Waals surface area contributed by atoms with Crippen LogP contribution in [0.3, 0.4) is 0 Å². The SMILES string of the molecule is CCN(Cc1ccc(C(N)=S)cc1F)c1ccc(C)cc1. The molecule has 0 spiro atoms. The summed E-state index contributed by atoms with van der Waals surface area (Å²) in [7, 11) is 0. The van der Waals surface area contributed by atoms with Gasteiger partial charge in [0.05, 0.1) is 0 Å². The fraction of sp³-hybridized carbons (Fsp3) is 0.235. The Morgan fingerprint density at radius 1 is 1.19 bits per heavy atom. The average Bonchev–Trinajstić information content (AvgIpc) is 2.47. The van der Waals surface area contributed by atoms with Gasteiger partial charge in [0.2, 0.25) is 0 Å². The summed E-state index contributed by atoms with van der Waals surface area (Å²) in [5, 5.41) is 0. The van der Waals surface area contributed by atoms with Crippen LogP contribution in [0, 0.1) is 12.7 Å². The normalized spacial score (nSPS) is 10.4. The molecule has 2 nitrogen and oxygen atoms in total. The first-order chi connectivity index (χ1) is 10.0. The van der Waals surface area contributed by atoms with Crippen molar-refractivity contribution < 1.29 is 4.39 Å². The first kappa shape index (κ1) is 15.4. The number of halogens is 1. The van der Waals surface area contributed by atoms with E-state index in [0.29, 0.717) is 17.7 Å². The molecule has 21 heavy (non-hydrogen) atoms. The molecule has 2 rings (SSSR count). The molecule has 0 unspecified atom stereocenters. The lowest BCUT2D eigenvalue weighted by Gasteiger charge is -2.23. The van der Waals surface area contributed by atoms with Gasteiger partial charge in [0.1, 0.15) is 10.8 Å². The summed E-state index contributed by atoms with van der Waals surface area (Å²) >= 11 is 4.87. The zero-order chi connectivity index (χ0) is 15.4. The molecule has 0 aromatic heterocycles. The molecular weight excluding hydrogens is 283 g/mol. The van der Waals surface area contributed by atoms with Gasteiger partial charge in [-0.05, 0) is 32.0 Å². The van der Waals surface area contributed by atoms with Gasteiger partial charge in [-0.15, -0.1) is 0 Å². The number of rotatable bonds is 5. The minimum Gasteiger partial charge on any atom is -0.389 e. The van der Waals surface area contributed by atoms with Crippen molar-refractivity contribution in [2.24, 2.45) is 5.73 Å². The van der Waals surface area contributed by atoms with Crippen LogP contribution in [0.1, 0.15) is 23.6 Å². The highest BCUT2D eigenvalue weighted by atomic mass is 32.1. The van der Waals surface area contributed by atoms with Crippen LogP contribution >= 0.6 is 12.2 Å². The molecule has 0 aliphatic heterocycles. The van der Waals surface area contributed by atoms with Crippen LogP contribution in [-0.4, -0.2) is 11.5 Å². The standard InChI is InChI=1S/C17H19FN2S/c1-3-20(15-8-4-12(2)5-9-15)11-14-7-6-13(17(19)21)10-16(14)18/h4-10H,3,11H2,1-2H3,(H2,19,21). The van der Waals surface area contributed by atoms with Crippen molar-refractivity contribution in [1.29, 1.82) is 0 Å². The van der Waals surface area contributed by atoms with E-state index in [1.165, 1.54) is 11.6 Å². The van der Waals surface area contributed by atoms with Crippen LogP contribution in [-0.2, 0) is 6.54 Å². The Morgan fingerprint density at radius 3 is 2.38 bits per heavy atom. The van der Waals surface area contributed by atoms with Gasteiger partial charge in [0.25, 0.3) is 0 Å². The Kier molecular flexibility index (Phi) is 4.91. The number of anilines is 1. The molecule has 0 radical (unpaired) electrons. The predicted molar refractivity (Wildman–Crippen MR) is 90.2 cm³/mol. The number of hydrogen-bond acceptors (Lipinski definition) is 2. The largest absolute Gasteiger partial charge is 0.389 e. The van der Waals surface area contributed by atoms with Gasteiger partial charge >= 0.3 is 0 Å². The van der Waals surface area contributed by atoms with Gasteiger partial charge in [0.15, 0.2) is 0 Å². The topological polar surface area (TPSA) is 29.3 Å². The van der Waals surface area contributed by atoms with Gasteiger partial charge in [-0.1, -0.05) is 42.0 Å². The zero-order valence-corrected chi connectivity index (χ0v) is 13.1. The highest BCUT2D eigenvalue weighted by Gasteiger charge is 2.10. The number of hydrogen-bond donors (Lipinski definition) is 1. The highest BCUT2D eigenvalue weighted by Crippen LogP contribution is 2.20. The minimum absolute atomic E-state index is 0.214. The van der Waals surface area contributed by atoms with Crippen molar-refractivity contribution in [3.63, 3.8) is 0 Å². The third-order valence-electron chi connectivity index (χ3n) is 3.48. The van der Waals surface area contributed by atoms with Gasteiger partial charge in [0, 0.05) is 29.9 Å². The molecule has 0 aliphatic carbocycles. The van der Waals surface area contributed by atoms with Crippen molar-refractivity contribution in [1.82, 2.24) is 0 Å². The van der Waals surface area contributed by atoms with E-state index in [9.17, 15) is 4.39 Å². The fourth-order valence-electron chi connectivity index (χ4n) is 2.18. The minimum atomic E-state index is -0.272. The lowest BCUT2D eigenvalue weighted by atomic mass is 10.1. The fourth-order valence-corrected chi connectivity index (χ4v) is 2.30. The quantitative estimate of drug-likeness (QED) is 0.852. The van der Waals surface area contributed by atoms with E-state index in [0.717, 1.165) is 12.2 Å². The second-order valence-corrected chi connectivity index (χ2v) is 5.46. The lowest BCUT2D eigenvalue weighted by molar-refractivity contribution is 0.605.